The van der Waals surface area contributed by atoms with Gasteiger partial charge in [-0.2, -0.15) is 0 Å². The van der Waals surface area contributed by atoms with Gasteiger partial charge in [0.05, 0.1) is 30.6 Å². The van der Waals surface area contributed by atoms with E-state index in [-0.39, 0.29) is 17.9 Å². The molecule has 0 unspecified atom stereocenters. The van der Waals surface area contributed by atoms with Gasteiger partial charge in [-0.25, -0.2) is 4.98 Å². The number of likely N-dealkylation sites (tertiary alicyclic amines) is 1. The van der Waals surface area contributed by atoms with Crippen LogP contribution in [0, 0.1) is 5.41 Å². The predicted octanol–water partition coefficient (Wildman–Crippen LogP) is 1.67. The fourth-order valence-electron chi connectivity index (χ4n) is 4.02. The summed E-state index contributed by atoms with van der Waals surface area (Å²) in [6.07, 6.45) is 4.96. The first kappa shape index (κ1) is 15.6. The number of hydrogen-bond acceptors (Lipinski definition) is 4. The molecule has 1 atom stereocenters. The van der Waals surface area contributed by atoms with E-state index >= 15 is 0 Å². The topological polar surface area (TPSA) is 67.6 Å². The normalized spacial score (nSPS) is 24.1. The first-order valence-corrected chi connectivity index (χ1v) is 8.64. The Morgan fingerprint density at radius 2 is 2.29 bits per heavy atom. The Hall–Kier alpha value is -1.92. The van der Waals surface area contributed by atoms with Gasteiger partial charge in [-0.1, -0.05) is 0 Å². The summed E-state index contributed by atoms with van der Waals surface area (Å²) < 4.78 is 7.48. The van der Waals surface area contributed by atoms with E-state index in [2.05, 4.69) is 4.98 Å². The highest BCUT2D eigenvalue weighted by molar-refractivity contribution is 5.97. The Morgan fingerprint density at radius 1 is 1.38 bits per heavy atom. The Labute approximate surface area is 141 Å². The highest BCUT2D eigenvalue weighted by Crippen LogP contribution is 2.38. The van der Waals surface area contributed by atoms with Crippen molar-refractivity contribution in [1.82, 2.24) is 14.5 Å². The van der Waals surface area contributed by atoms with Crippen LogP contribution in [0.25, 0.3) is 11.0 Å². The maximum atomic E-state index is 12.9. The number of rotatable bonds is 3. The molecule has 1 N–H and O–H groups in total. The number of carbonyl (C=O) groups excluding carboxylic acids is 1. The van der Waals surface area contributed by atoms with Gasteiger partial charge in [-0.05, 0) is 37.5 Å². The standard InChI is InChI=1S/C18H23N3O3/c22-8-7-21-13-19-15-10-14(2-3-16(15)21)17(23)20-6-1-4-18(11-20)5-9-24-12-18/h2-3,10,13,22H,1,4-9,11-12H2/t18-/m1/s1. The molecule has 0 saturated carbocycles. The second kappa shape index (κ2) is 6.18. The minimum absolute atomic E-state index is 0.0735. The quantitative estimate of drug-likeness (QED) is 0.930. The number of carbonyl (C=O) groups is 1. The molecule has 2 aliphatic rings. The first-order chi connectivity index (χ1) is 11.7. The number of aliphatic hydroxyl groups is 1. The van der Waals surface area contributed by atoms with Gasteiger partial charge in [0, 0.05) is 37.2 Å². The third-order valence-electron chi connectivity index (χ3n) is 5.34. The van der Waals surface area contributed by atoms with E-state index in [1.165, 1.54) is 0 Å². The molecule has 2 saturated heterocycles. The van der Waals surface area contributed by atoms with Crippen molar-refractivity contribution in [2.45, 2.75) is 25.8 Å². The fourth-order valence-corrected chi connectivity index (χ4v) is 4.02. The van der Waals surface area contributed by atoms with Crippen molar-refractivity contribution in [2.24, 2.45) is 5.41 Å². The van der Waals surface area contributed by atoms with Gasteiger partial charge >= 0.3 is 0 Å². The van der Waals surface area contributed by atoms with Crippen molar-refractivity contribution in [3.05, 3.63) is 30.1 Å². The van der Waals surface area contributed by atoms with E-state index in [4.69, 9.17) is 9.84 Å². The number of ether oxygens (including phenoxy) is 1. The second-order valence-corrected chi connectivity index (χ2v) is 7.00. The van der Waals surface area contributed by atoms with Crippen LogP contribution in [0.15, 0.2) is 24.5 Å². The van der Waals surface area contributed by atoms with Gasteiger partial charge in [0.25, 0.3) is 5.91 Å². The number of nitrogens with zero attached hydrogens (tertiary/aromatic N) is 3. The van der Waals surface area contributed by atoms with Crippen molar-refractivity contribution in [3.8, 4) is 0 Å². The third-order valence-corrected chi connectivity index (χ3v) is 5.34. The van der Waals surface area contributed by atoms with Crippen LogP contribution in [0.2, 0.25) is 0 Å². The number of benzene rings is 1. The van der Waals surface area contributed by atoms with Crippen LogP contribution in [0.1, 0.15) is 29.6 Å². The molecule has 3 heterocycles. The predicted molar refractivity (Wildman–Crippen MR) is 89.8 cm³/mol. The Bertz CT molecular complexity index is 749. The number of hydrogen-bond donors (Lipinski definition) is 1. The maximum absolute atomic E-state index is 12.9. The summed E-state index contributed by atoms with van der Waals surface area (Å²) in [5.74, 6) is 0.0829. The average Bonchev–Trinajstić information content (AvgIpc) is 3.22. The number of piperidine rings is 1. The average molecular weight is 329 g/mol. The molecule has 4 rings (SSSR count). The zero-order valence-corrected chi connectivity index (χ0v) is 13.8. The van der Waals surface area contributed by atoms with Crippen molar-refractivity contribution < 1.29 is 14.6 Å². The Balaban J connectivity index is 1.56. The van der Waals surface area contributed by atoms with Crippen LogP contribution in [0.5, 0.6) is 0 Å². The van der Waals surface area contributed by atoms with Crippen LogP contribution in [0.3, 0.4) is 0 Å². The summed E-state index contributed by atoms with van der Waals surface area (Å²) in [6, 6.07) is 5.65. The van der Waals surface area contributed by atoms with Crippen molar-refractivity contribution in [1.29, 1.82) is 0 Å². The zero-order chi connectivity index (χ0) is 16.6. The van der Waals surface area contributed by atoms with Crippen LogP contribution in [-0.2, 0) is 11.3 Å². The highest BCUT2D eigenvalue weighted by Gasteiger charge is 2.40. The molecule has 2 aromatic rings. The monoisotopic (exact) mass is 329 g/mol. The Kier molecular flexibility index (Phi) is 4.02. The molecule has 1 spiro atoms. The molecule has 1 amide bonds. The molecule has 0 bridgehead atoms. The summed E-state index contributed by atoms with van der Waals surface area (Å²) in [4.78, 5) is 19.3. The van der Waals surface area contributed by atoms with Crippen LogP contribution in [0.4, 0.5) is 0 Å². The van der Waals surface area contributed by atoms with Gasteiger partial charge in [0.2, 0.25) is 0 Å². The number of imidazole rings is 1. The van der Waals surface area contributed by atoms with Gasteiger partial charge in [0.15, 0.2) is 0 Å². The van der Waals surface area contributed by atoms with Gasteiger partial charge in [-0.3, -0.25) is 4.79 Å². The summed E-state index contributed by atoms with van der Waals surface area (Å²) in [6.45, 7) is 3.79. The lowest BCUT2D eigenvalue weighted by Crippen LogP contribution is -2.46. The van der Waals surface area contributed by atoms with Crippen LogP contribution in [-0.4, -0.2) is 58.4 Å². The lowest BCUT2D eigenvalue weighted by atomic mass is 9.79. The molecule has 2 fully saturated rings. The SMILES string of the molecule is O=C(c1ccc2c(c1)ncn2CCO)N1CCC[C@@]2(CCOC2)C1. The van der Waals surface area contributed by atoms with Crippen LogP contribution >= 0.6 is 0 Å². The van der Waals surface area contributed by atoms with Crippen LogP contribution < -0.4 is 0 Å². The van der Waals surface area contributed by atoms with E-state index in [1.807, 2.05) is 27.7 Å². The lowest BCUT2D eigenvalue weighted by molar-refractivity contribution is 0.0463. The number of amides is 1. The van der Waals surface area contributed by atoms with E-state index in [0.29, 0.717) is 12.1 Å². The first-order valence-electron chi connectivity index (χ1n) is 8.64. The van der Waals surface area contributed by atoms with Crippen molar-refractivity contribution in [3.63, 3.8) is 0 Å². The minimum Gasteiger partial charge on any atom is -0.395 e. The summed E-state index contributed by atoms with van der Waals surface area (Å²) in [5, 5.41) is 9.09. The third kappa shape index (κ3) is 2.70. The minimum atomic E-state index is 0.0735. The van der Waals surface area contributed by atoms with E-state index in [0.717, 1.165) is 56.6 Å². The molecule has 0 radical (unpaired) electrons. The molecule has 1 aromatic carbocycles. The van der Waals surface area contributed by atoms with Gasteiger partial charge in [-0.15, -0.1) is 0 Å². The molecule has 0 aliphatic carbocycles. The molecule has 128 valence electrons. The smallest absolute Gasteiger partial charge is 0.253 e. The lowest BCUT2D eigenvalue weighted by Gasteiger charge is -2.39. The maximum Gasteiger partial charge on any atom is 0.253 e. The fraction of sp³-hybridized carbons (Fsp3) is 0.556. The van der Waals surface area contributed by atoms with E-state index < -0.39 is 0 Å². The second-order valence-electron chi connectivity index (χ2n) is 7.00. The van der Waals surface area contributed by atoms with E-state index in [9.17, 15) is 4.79 Å². The molecular weight excluding hydrogens is 306 g/mol. The molecule has 24 heavy (non-hydrogen) atoms. The van der Waals surface area contributed by atoms with Gasteiger partial charge in [0.1, 0.15) is 0 Å². The number of aliphatic hydroxyl groups excluding tert-OH is 1. The largest absolute Gasteiger partial charge is 0.395 e. The Morgan fingerprint density at radius 3 is 3.08 bits per heavy atom. The van der Waals surface area contributed by atoms with Crippen molar-refractivity contribution in [2.75, 3.05) is 32.9 Å². The summed E-state index contributed by atoms with van der Waals surface area (Å²) in [5.41, 5.74) is 2.60. The molecule has 1 aromatic heterocycles. The molecule has 6 nitrogen and oxygen atoms in total. The number of aromatic nitrogens is 2. The molecular formula is C18H23N3O3. The molecule has 6 heteroatoms. The van der Waals surface area contributed by atoms with E-state index in [1.54, 1.807) is 6.33 Å². The van der Waals surface area contributed by atoms with Gasteiger partial charge < -0.3 is 19.3 Å². The molecule has 2 aliphatic heterocycles. The number of fused-ring (bicyclic) bond motifs is 1. The zero-order valence-electron chi connectivity index (χ0n) is 13.8. The highest BCUT2D eigenvalue weighted by atomic mass is 16.5. The van der Waals surface area contributed by atoms with Crippen molar-refractivity contribution >= 4 is 16.9 Å². The summed E-state index contributed by atoms with van der Waals surface area (Å²) >= 11 is 0. The summed E-state index contributed by atoms with van der Waals surface area (Å²) in [7, 11) is 0.